The number of hydrogen-bond acceptors (Lipinski definition) is 4. The van der Waals surface area contributed by atoms with Crippen LogP contribution >= 0.6 is 11.6 Å². The number of aromatic nitrogens is 2. The number of halogens is 1. The molecule has 0 amide bonds. The molecule has 0 unspecified atom stereocenters. The van der Waals surface area contributed by atoms with E-state index >= 15 is 0 Å². The number of imidazole rings is 1. The minimum Gasteiger partial charge on any atom is -0.465 e. The Morgan fingerprint density at radius 2 is 2.18 bits per heavy atom. The van der Waals surface area contributed by atoms with Gasteiger partial charge in [0, 0.05) is 13.2 Å². The molecular weight excluding hydrogens is 304 g/mol. The Morgan fingerprint density at radius 1 is 1.36 bits per heavy atom. The number of carbonyl (C=O) groups excluding carboxylic acids is 1. The molecule has 0 aliphatic rings. The number of hydrogen-bond donors (Lipinski definition) is 0. The van der Waals surface area contributed by atoms with Crippen LogP contribution in [0.5, 0.6) is 0 Å². The van der Waals surface area contributed by atoms with Gasteiger partial charge in [0.2, 0.25) is 0 Å². The van der Waals surface area contributed by atoms with Crippen LogP contribution < -0.4 is 0 Å². The molecular formula is C16H21ClN2O3. The number of carbonyl (C=O) groups is 1. The average molecular weight is 325 g/mol. The van der Waals surface area contributed by atoms with Gasteiger partial charge in [0.05, 0.1) is 36.2 Å². The van der Waals surface area contributed by atoms with Gasteiger partial charge in [-0.3, -0.25) is 0 Å². The molecule has 0 bridgehead atoms. The Bertz CT molecular complexity index is 640. The molecule has 0 aliphatic heterocycles. The number of benzene rings is 1. The molecule has 0 fully saturated rings. The summed E-state index contributed by atoms with van der Waals surface area (Å²) >= 11 is 5.98. The largest absolute Gasteiger partial charge is 0.465 e. The third-order valence-corrected chi connectivity index (χ3v) is 3.71. The first kappa shape index (κ1) is 16.8. The fraction of sp³-hybridized carbons (Fsp3) is 0.500. The van der Waals surface area contributed by atoms with Gasteiger partial charge in [0.1, 0.15) is 5.82 Å². The highest BCUT2D eigenvalue weighted by Gasteiger charge is 2.13. The van der Waals surface area contributed by atoms with Gasteiger partial charge >= 0.3 is 5.97 Å². The lowest BCUT2D eigenvalue weighted by atomic mass is 10.2. The summed E-state index contributed by atoms with van der Waals surface area (Å²) in [6.07, 6.45) is 2.17. The van der Waals surface area contributed by atoms with Gasteiger partial charge in [-0.15, -0.1) is 11.6 Å². The van der Waals surface area contributed by atoms with E-state index in [0.717, 1.165) is 36.3 Å². The van der Waals surface area contributed by atoms with Crippen molar-refractivity contribution in [2.24, 2.45) is 0 Å². The monoisotopic (exact) mass is 324 g/mol. The maximum absolute atomic E-state index is 11.7. The van der Waals surface area contributed by atoms with E-state index in [4.69, 9.17) is 21.1 Å². The van der Waals surface area contributed by atoms with Crippen LogP contribution in [-0.4, -0.2) is 35.8 Å². The fourth-order valence-corrected chi connectivity index (χ4v) is 2.48. The molecule has 0 atom stereocenters. The van der Waals surface area contributed by atoms with Crippen LogP contribution in [0, 0.1) is 0 Å². The fourth-order valence-electron chi connectivity index (χ4n) is 2.27. The first-order valence-corrected chi connectivity index (χ1v) is 7.95. The third kappa shape index (κ3) is 3.78. The molecule has 0 saturated carbocycles. The summed E-state index contributed by atoms with van der Waals surface area (Å²) in [4.78, 5) is 16.2. The number of unbranched alkanes of at least 4 members (excludes halogenated alkanes) is 1. The van der Waals surface area contributed by atoms with Gasteiger partial charge in [-0.2, -0.15) is 0 Å². The molecule has 6 heteroatoms. The molecule has 0 saturated heterocycles. The zero-order valence-corrected chi connectivity index (χ0v) is 13.7. The van der Waals surface area contributed by atoms with Crippen LogP contribution in [0.2, 0.25) is 0 Å². The first-order chi connectivity index (χ1) is 10.7. The smallest absolute Gasteiger partial charge is 0.337 e. The Hall–Kier alpha value is -1.59. The van der Waals surface area contributed by atoms with Crippen LogP contribution in [0.15, 0.2) is 18.2 Å². The first-order valence-electron chi connectivity index (χ1n) is 7.42. The molecule has 0 N–H and O–H groups in total. The maximum Gasteiger partial charge on any atom is 0.337 e. The number of fused-ring (bicyclic) bond motifs is 1. The quantitative estimate of drug-likeness (QED) is 0.424. The minimum atomic E-state index is -0.360. The number of alkyl halides is 1. The number of methoxy groups -OCH3 is 1. The van der Waals surface area contributed by atoms with Crippen molar-refractivity contribution >= 4 is 28.6 Å². The molecule has 0 radical (unpaired) electrons. The normalized spacial score (nSPS) is 11.0. The van der Waals surface area contributed by atoms with Crippen LogP contribution in [0.1, 0.15) is 35.9 Å². The van der Waals surface area contributed by atoms with Crippen LogP contribution in [0.4, 0.5) is 0 Å². The standard InChI is InChI=1S/C16H21ClN2O3/c1-3-4-8-22-9-7-19-14-10-12(16(20)21-2)5-6-13(14)18-15(19)11-17/h5-6,10H,3-4,7-9,11H2,1-2H3. The van der Waals surface area contributed by atoms with Gasteiger partial charge in [0.15, 0.2) is 0 Å². The lowest BCUT2D eigenvalue weighted by Crippen LogP contribution is -2.09. The number of ether oxygens (including phenoxy) is 2. The lowest BCUT2D eigenvalue weighted by Gasteiger charge is -2.09. The number of nitrogens with zero attached hydrogens (tertiary/aromatic N) is 2. The number of rotatable bonds is 8. The van der Waals surface area contributed by atoms with Crippen LogP contribution in [-0.2, 0) is 21.9 Å². The summed E-state index contributed by atoms with van der Waals surface area (Å²) < 4.78 is 12.4. The third-order valence-electron chi connectivity index (χ3n) is 3.47. The van der Waals surface area contributed by atoms with Crippen molar-refractivity contribution in [2.75, 3.05) is 20.3 Å². The van der Waals surface area contributed by atoms with E-state index in [-0.39, 0.29) is 5.97 Å². The maximum atomic E-state index is 11.7. The van der Waals surface area contributed by atoms with Crippen LogP contribution in [0.25, 0.3) is 11.0 Å². The molecule has 22 heavy (non-hydrogen) atoms. The summed E-state index contributed by atoms with van der Waals surface area (Å²) in [7, 11) is 1.37. The van der Waals surface area contributed by atoms with Crippen molar-refractivity contribution < 1.29 is 14.3 Å². The predicted octanol–water partition coefficient (Wildman–Crippen LogP) is 3.38. The minimum absolute atomic E-state index is 0.317. The van der Waals surface area contributed by atoms with E-state index in [1.165, 1.54) is 7.11 Å². The van der Waals surface area contributed by atoms with Crippen molar-refractivity contribution in [3.8, 4) is 0 Å². The molecule has 0 aliphatic carbocycles. The molecule has 1 aromatic heterocycles. The average Bonchev–Trinajstić information content (AvgIpc) is 2.91. The molecule has 1 heterocycles. The summed E-state index contributed by atoms with van der Waals surface area (Å²) in [5, 5.41) is 0. The van der Waals surface area contributed by atoms with Gasteiger partial charge < -0.3 is 14.0 Å². The van der Waals surface area contributed by atoms with E-state index < -0.39 is 0 Å². The molecule has 2 aromatic rings. The summed E-state index contributed by atoms with van der Waals surface area (Å²) in [6.45, 7) is 4.14. The second-order valence-corrected chi connectivity index (χ2v) is 5.24. The highest BCUT2D eigenvalue weighted by Crippen LogP contribution is 2.20. The summed E-state index contributed by atoms with van der Waals surface area (Å²) in [5.41, 5.74) is 2.19. The molecule has 2 rings (SSSR count). The lowest BCUT2D eigenvalue weighted by molar-refractivity contribution is 0.0601. The number of esters is 1. The predicted molar refractivity (Wildman–Crippen MR) is 86.4 cm³/mol. The second-order valence-electron chi connectivity index (χ2n) is 4.97. The second kappa shape index (κ2) is 8.15. The molecule has 120 valence electrons. The highest BCUT2D eigenvalue weighted by molar-refractivity contribution is 6.16. The Balaban J connectivity index is 2.23. The Kier molecular flexibility index (Phi) is 6.21. The van der Waals surface area contributed by atoms with E-state index in [2.05, 4.69) is 11.9 Å². The summed E-state index contributed by atoms with van der Waals surface area (Å²) in [5.74, 6) is 0.732. The molecule has 1 aromatic carbocycles. The van der Waals surface area contributed by atoms with Crippen molar-refractivity contribution in [1.82, 2.24) is 9.55 Å². The Labute approximate surface area is 135 Å². The van der Waals surface area contributed by atoms with Gasteiger partial charge in [-0.25, -0.2) is 9.78 Å². The summed E-state index contributed by atoms with van der Waals surface area (Å²) in [6, 6.07) is 5.31. The van der Waals surface area contributed by atoms with Crippen molar-refractivity contribution in [2.45, 2.75) is 32.2 Å². The van der Waals surface area contributed by atoms with E-state index in [0.29, 0.717) is 24.6 Å². The van der Waals surface area contributed by atoms with Gasteiger partial charge in [-0.1, -0.05) is 13.3 Å². The van der Waals surface area contributed by atoms with Crippen molar-refractivity contribution in [1.29, 1.82) is 0 Å². The topological polar surface area (TPSA) is 53.4 Å². The van der Waals surface area contributed by atoms with Gasteiger partial charge in [0.25, 0.3) is 0 Å². The zero-order chi connectivity index (χ0) is 15.9. The van der Waals surface area contributed by atoms with Crippen molar-refractivity contribution in [3.63, 3.8) is 0 Å². The molecule has 0 spiro atoms. The van der Waals surface area contributed by atoms with Crippen LogP contribution in [0.3, 0.4) is 0 Å². The Morgan fingerprint density at radius 3 is 2.86 bits per heavy atom. The van der Waals surface area contributed by atoms with E-state index in [1.54, 1.807) is 12.1 Å². The van der Waals surface area contributed by atoms with Gasteiger partial charge in [-0.05, 0) is 24.6 Å². The zero-order valence-electron chi connectivity index (χ0n) is 13.0. The van der Waals surface area contributed by atoms with E-state index in [9.17, 15) is 4.79 Å². The van der Waals surface area contributed by atoms with E-state index in [1.807, 2.05) is 10.6 Å². The molecule has 5 nitrogen and oxygen atoms in total. The van der Waals surface area contributed by atoms with Crippen molar-refractivity contribution in [3.05, 3.63) is 29.6 Å². The highest BCUT2D eigenvalue weighted by atomic mass is 35.5. The SMILES string of the molecule is CCCCOCCn1c(CCl)nc2ccc(C(=O)OC)cc21.